The van der Waals surface area contributed by atoms with Crippen LogP contribution >= 0.6 is 0 Å². The molecule has 0 bridgehead atoms. The minimum Gasteiger partial charge on any atom is -0.460 e. The lowest BCUT2D eigenvalue weighted by Gasteiger charge is -2.20. The lowest BCUT2D eigenvalue weighted by Crippen LogP contribution is -2.24. The fourth-order valence-corrected chi connectivity index (χ4v) is 3.21. The smallest absolute Gasteiger partial charge is 0.306 e. The first-order chi connectivity index (χ1) is 13.4. The summed E-state index contributed by atoms with van der Waals surface area (Å²) in [6, 6.07) is 21.1. The Kier molecular flexibility index (Phi) is 9.00. The van der Waals surface area contributed by atoms with Crippen molar-refractivity contribution in [2.24, 2.45) is 5.92 Å². The number of rotatable bonds is 10. The normalized spacial score (nSPS) is 12.8. The van der Waals surface area contributed by atoms with Gasteiger partial charge in [-0.05, 0) is 69.9 Å². The Morgan fingerprint density at radius 3 is 2.04 bits per heavy atom. The van der Waals surface area contributed by atoms with Crippen LogP contribution in [-0.2, 0) is 22.4 Å². The van der Waals surface area contributed by atoms with Gasteiger partial charge in [-0.2, -0.15) is 0 Å². The van der Waals surface area contributed by atoms with Gasteiger partial charge in [0.1, 0.15) is 5.60 Å². The Hall–Kier alpha value is -2.35. The summed E-state index contributed by atoms with van der Waals surface area (Å²) in [6.07, 6.45) is 10.0. The zero-order valence-electron chi connectivity index (χ0n) is 17.6. The van der Waals surface area contributed by atoms with Crippen molar-refractivity contribution in [3.63, 3.8) is 0 Å². The van der Waals surface area contributed by atoms with Crippen LogP contribution < -0.4 is 0 Å². The van der Waals surface area contributed by atoms with Crippen LogP contribution in [0.3, 0.4) is 0 Å². The maximum absolute atomic E-state index is 12.1. The number of esters is 1. The molecule has 0 N–H and O–H groups in total. The third kappa shape index (κ3) is 9.55. The molecule has 0 radical (unpaired) electrons. The monoisotopic (exact) mass is 378 g/mol. The third-order valence-corrected chi connectivity index (χ3v) is 4.64. The van der Waals surface area contributed by atoms with Crippen LogP contribution in [0.4, 0.5) is 0 Å². The topological polar surface area (TPSA) is 26.3 Å². The molecule has 0 saturated heterocycles. The highest BCUT2D eigenvalue weighted by atomic mass is 16.6. The van der Waals surface area contributed by atoms with Crippen LogP contribution in [0.25, 0.3) is 0 Å². The zero-order chi connectivity index (χ0) is 20.2. The number of hydrogen-bond acceptors (Lipinski definition) is 2. The Balaban J connectivity index is 1.86. The number of ether oxygens (including phenoxy) is 1. The van der Waals surface area contributed by atoms with Gasteiger partial charge in [-0.1, -0.05) is 72.8 Å². The van der Waals surface area contributed by atoms with Crippen molar-refractivity contribution >= 4 is 5.97 Å². The fourth-order valence-electron chi connectivity index (χ4n) is 3.21. The molecular formula is C26H34O2. The van der Waals surface area contributed by atoms with Gasteiger partial charge >= 0.3 is 5.97 Å². The number of carbonyl (C=O) groups is 1. The summed E-state index contributed by atoms with van der Waals surface area (Å²) in [6.45, 7) is 5.75. The molecule has 0 unspecified atom stereocenters. The van der Waals surface area contributed by atoms with E-state index in [4.69, 9.17) is 4.74 Å². The zero-order valence-corrected chi connectivity index (χ0v) is 17.6. The summed E-state index contributed by atoms with van der Waals surface area (Å²) < 4.78 is 5.47. The van der Waals surface area contributed by atoms with Crippen LogP contribution in [0.2, 0.25) is 0 Å². The Labute approximate surface area is 170 Å². The molecule has 2 nitrogen and oxygen atoms in total. The molecule has 2 aromatic rings. The van der Waals surface area contributed by atoms with Crippen LogP contribution in [0.1, 0.15) is 57.6 Å². The molecule has 2 rings (SSSR count). The summed E-state index contributed by atoms with van der Waals surface area (Å²) in [4.78, 5) is 12.1. The second-order valence-electron chi connectivity index (χ2n) is 8.36. The highest BCUT2D eigenvalue weighted by Gasteiger charge is 2.17. The minimum atomic E-state index is -0.415. The van der Waals surface area contributed by atoms with E-state index in [2.05, 4.69) is 66.7 Å². The molecule has 0 aromatic heterocycles. The van der Waals surface area contributed by atoms with Crippen LogP contribution in [0, 0.1) is 5.92 Å². The van der Waals surface area contributed by atoms with Gasteiger partial charge < -0.3 is 4.74 Å². The Bertz CT molecular complexity index is 711. The maximum Gasteiger partial charge on any atom is 0.306 e. The summed E-state index contributed by atoms with van der Waals surface area (Å²) in [5.41, 5.74) is 2.30. The van der Waals surface area contributed by atoms with Crippen LogP contribution in [-0.4, -0.2) is 11.6 Å². The average Bonchev–Trinajstić information content (AvgIpc) is 2.67. The highest BCUT2D eigenvalue weighted by Crippen LogP contribution is 2.19. The first-order valence-electron chi connectivity index (χ1n) is 10.4. The van der Waals surface area contributed by atoms with Crippen molar-refractivity contribution in [1.29, 1.82) is 0 Å². The molecule has 2 aromatic carbocycles. The van der Waals surface area contributed by atoms with E-state index in [0.29, 0.717) is 12.3 Å². The largest absolute Gasteiger partial charge is 0.460 e. The predicted octanol–water partition coefficient (Wildman–Crippen LogP) is 6.55. The first kappa shape index (κ1) is 21.9. The molecule has 1 atom stereocenters. The molecule has 28 heavy (non-hydrogen) atoms. The molecule has 0 amide bonds. The fraction of sp³-hybridized carbons (Fsp3) is 0.423. The summed E-state index contributed by atoms with van der Waals surface area (Å²) >= 11 is 0. The molecular weight excluding hydrogens is 344 g/mol. The molecule has 0 aliphatic rings. The molecule has 150 valence electrons. The second kappa shape index (κ2) is 11.5. The third-order valence-electron chi connectivity index (χ3n) is 4.64. The summed E-state index contributed by atoms with van der Waals surface area (Å²) in [5.74, 6) is 0.290. The van der Waals surface area contributed by atoms with E-state index in [1.165, 1.54) is 11.1 Å². The molecule has 2 heteroatoms. The van der Waals surface area contributed by atoms with Crippen molar-refractivity contribution in [1.82, 2.24) is 0 Å². The Morgan fingerprint density at radius 1 is 0.893 bits per heavy atom. The van der Waals surface area contributed by atoms with E-state index >= 15 is 0 Å². The summed E-state index contributed by atoms with van der Waals surface area (Å²) in [7, 11) is 0. The van der Waals surface area contributed by atoms with Crippen LogP contribution in [0.5, 0.6) is 0 Å². The van der Waals surface area contributed by atoms with Gasteiger partial charge in [-0.15, -0.1) is 0 Å². The number of benzene rings is 2. The van der Waals surface area contributed by atoms with Gasteiger partial charge in [-0.3, -0.25) is 4.79 Å². The molecule has 0 spiro atoms. The molecule has 0 heterocycles. The van der Waals surface area contributed by atoms with Crippen molar-refractivity contribution in [3.05, 3.63) is 83.9 Å². The second-order valence-corrected chi connectivity index (χ2v) is 8.36. The number of allylic oxidation sites excluding steroid dienone is 2. The van der Waals surface area contributed by atoms with Crippen LogP contribution in [0.15, 0.2) is 72.8 Å². The van der Waals surface area contributed by atoms with E-state index < -0.39 is 5.60 Å². The van der Waals surface area contributed by atoms with Gasteiger partial charge in [0.15, 0.2) is 0 Å². The van der Waals surface area contributed by atoms with Gasteiger partial charge in [-0.25, -0.2) is 0 Å². The quantitative estimate of drug-likeness (QED) is 0.346. The first-order valence-corrected chi connectivity index (χ1v) is 10.4. The van der Waals surface area contributed by atoms with Gasteiger partial charge in [0, 0.05) is 6.42 Å². The van der Waals surface area contributed by atoms with E-state index in [-0.39, 0.29) is 5.97 Å². The molecule has 0 aliphatic carbocycles. The molecule has 0 fully saturated rings. The van der Waals surface area contributed by atoms with Gasteiger partial charge in [0.25, 0.3) is 0 Å². The molecule has 0 saturated carbocycles. The average molecular weight is 379 g/mol. The van der Waals surface area contributed by atoms with Gasteiger partial charge in [0.05, 0.1) is 0 Å². The number of carbonyl (C=O) groups excluding carboxylic acids is 1. The standard InChI is InChI=1S/C26H34O2/c1-26(2,3)28-25(27)21-20-24(19-18-23-14-8-5-9-15-23)17-11-10-16-22-12-6-4-7-13-22/h4-9,11-15,17,24H,10,16,18-21H2,1-3H3/b17-11-/t24-/m0/s1. The van der Waals surface area contributed by atoms with Crippen molar-refractivity contribution < 1.29 is 9.53 Å². The van der Waals surface area contributed by atoms with Gasteiger partial charge in [0.2, 0.25) is 0 Å². The minimum absolute atomic E-state index is 0.102. The lowest BCUT2D eigenvalue weighted by atomic mass is 9.94. The van der Waals surface area contributed by atoms with E-state index in [9.17, 15) is 4.79 Å². The van der Waals surface area contributed by atoms with E-state index in [1.807, 2.05) is 26.8 Å². The maximum atomic E-state index is 12.1. The molecule has 0 aliphatic heterocycles. The predicted molar refractivity (Wildman–Crippen MR) is 117 cm³/mol. The van der Waals surface area contributed by atoms with Crippen molar-refractivity contribution in [3.8, 4) is 0 Å². The van der Waals surface area contributed by atoms with E-state index in [1.54, 1.807) is 0 Å². The SMILES string of the molecule is CC(C)(C)OC(=O)CC[C@@H](/C=C\CCc1ccccc1)CCc1ccccc1. The van der Waals surface area contributed by atoms with Crippen molar-refractivity contribution in [2.45, 2.75) is 64.9 Å². The van der Waals surface area contributed by atoms with E-state index in [0.717, 1.165) is 32.1 Å². The summed E-state index contributed by atoms with van der Waals surface area (Å²) in [5, 5.41) is 0. The number of hydrogen-bond donors (Lipinski definition) is 0. The number of aryl methyl sites for hydroxylation is 2. The lowest BCUT2D eigenvalue weighted by molar-refractivity contribution is -0.155. The van der Waals surface area contributed by atoms with Crippen molar-refractivity contribution in [2.75, 3.05) is 0 Å². The Morgan fingerprint density at radius 2 is 1.46 bits per heavy atom. The highest BCUT2D eigenvalue weighted by molar-refractivity contribution is 5.69.